The number of imide groups is 1. The summed E-state index contributed by atoms with van der Waals surface area (Å²) in [7, 11) is 0. The van der Waals surface area contributed by atoms with Crippen LogP contribution in [0.5, 0.6) is 5.75 Å². The Kier molecular flexibility index (Phi) is 5.40. The molecule has 0 saturated carbocycles. The van der Waals surface area contributed by atoms with Crippen molar-refractivity contribution in [3.05, 3.63) is 65.2 Å². The number of benzene rings is 2. The standard InChI is InChI=1S/C22H21NO5/c1-13(2)12-19(22(27)28-16-10-8-15(9-11-16)14(3)24)23-20(25)17-6-4-5-7-18(17)21(23)26/h4-11,13,19H,12H2,1-3H3/t19-/m1/s1. The number of esters is 1. The lowest BCUT2D eigenvalue weighted by Crippen LogP contribution is -2.47. The highest BCUT2D eigenvalue weighted by atomic mass is 16.5. The third-order valence-electron chi connectivity index (χ3n) is 4.58. The maximum absolute atomic E-state index is 12.9. The van der Waals surface area contributed by atoms with Gasteiger partial charge < -0.3 is 4.74 Å². The molecule has 1 atom stereocenters. The van der Waals surface area contributed by atoms with E-state index in [0.29, 0.717) is 16.7 Å². The van der Waals surface area contributed by atoms with Gasteiger partial charge in [-0.25, -0.2) is 4.79 Å². The van der Waals surface area contributed by atoms with Crippen molar-refractivity contribution in [1.29, 1.82) is 0 Å². The smallest absolute Gasteiger partial charge is 0.334 e. The van der Waals surface area contributed by atoms with Crippen molar-refractivity contribution in [3.8, 4) is 5.75 Å². The number of ether oxygens (including phenoxy) is 1. The number of ketones is 1. The number of carbonyl (C=O) groups is 4. The van der Waals surface area contributed by atoms with Crippen LogP contribution in [0.1, 0.15) is 58.3 Å². The van der Waals surface area contributed by atoms with E-state index in [2.05, 4.69) is 0 Å². The van der Waals surface area contributed by atoms with Gasteiger partial charge in [-0.1, -0.05) is 26.0 Å². The highest BCUT2D eigenvalue weighted by Gasteiger charge is 2.43. The van der Waals surface area contributed by atoms with Gasteiger partial charge in [-0.2, -0.15) is 0 Å². The van der Waals surface area contributed by atoms with E-state index in [9.17, 15) is 19.2 Å². The predicted molar refractivity (Wildman–Crippen MR) is 102 cm³/mol. The number of amides is 2. The lowest BCUT2D eigenvalue weighted by atomic mass is 10.0. The molecule has 1 aliphatic heterocycles. The average molecular weight is 379 g/mol. The molecule has 0 spiro atoms. The van der Waals surface area contributed by atoms with Crippen LogP contribution in [0.3, 0.4) is 0 Å². The molecule has 3 rings (SSSR count). The van der Waals surface area contributed by atoms with Crippen LogP contribution in [0.2, 0.25) is 0 Å². The number of hydrogen-bond acceptors (Lipinski definition) is 5. The molecule has 0 unspecified atom stereocenters. The van der Waals surface area contributed by atoms with Crippen molar-refractivity contribution in [2.45, 2.75) is 33.2 Å². The van der Waals surface area contributed by atoms with Crippen molar-refractivity contribution in [2.75, 3.05) is 0 Å². The Balaban J connectivity index is 1.86. The highest BCUT2D eigenvalue weighted by Crippen LogP contribution is 2.28. The van der Waals surface area contributed by atoms with E-state index in [1.165, 1.54) is 19.1 Å². The second-order valence-electron chi connectivity index (χ2n) is 7.17. The Morgan fingerprint density at radius 3 is 1.93 bits per heavy atom. The van der Waals surface area contributed by atoms with E-state index in [4.69, 9.17) is 4.74 Å². The second-order valence-corrected chi connectivity index (χ2v) is 7.17. The Bertz CT molecular complexity index is 911. The van der Waals surface area contributed by atoms with Gasteiger partial charge in [0.25, 0.3) is 11.8 Å². The van der Waals surface area contributed by atoms with Gasteiger partial charge in [0.1, 0.15) is 11.8 Å². The minimum absolute atomic E-state index is 0.0574. The van der Waals surface area contributed by atoms with Crippen LogP contribution in [-0.2, 0) is 4.79 Å². The molecule has 0 saturated heterocycles. The third-order valence-corrected chi connectivity index (χ3v) is 4.58. The summed E-state index contributed by atoms with van der Waals surface area (Å²) in [5, 5.41) is 0. The molecule has 1 aliphatic rings. The van der Waals surface area contributed by atoms with Crippen molar-refractivity contribution in [2.24, 2.45) is 5.92 Å². The van der Waals surface area contributed by atoms with Crippen LogP contribution < -0.4 is 4.74 Å². The van der Waals surface area contributed by atoms with Crippen molar-refractivity contribution < 1.29 is 23.9 Å². The average Bonchev–Trinajstić information content (AvgIpc) is 2.91. The fourth-order valence-electron chi connectivity index (χ4n) is 3.19. The number of carbonyl (C=O) groups excluding carboxylic acids is 4. The fraction of sp³-hybridized carbons (Fsp3) is 0.273. The minimum Gasteiger partial charge on any atom is -0.425 e. The van der Waals surface area contributed by atoms with E-state index < -0.39 is 23.8 Å². The van der Waals surface area contributed by atoms with Gasteiger partial charge in [0.2, 0.25) is 0 Å². The number of nitrogens with zero attached hydrogens (tertiary/aromatic N) is 1. The Morgan fingerprint density at radius 2 is 1.46 bits per heavy atom. The lowest BCUT2D eigenvalue weighted by Gasteiger charge is -2.25. The summed E-state index contributed by atoms with van der Waals surface area (Å²) < 4.78 is 5.42. The summed E-state index contributed by atoms with van der Waals surface area (Å²) in [4.78, 5) is 50.8. The predicted octanol–water partition coefficient (Wildman–Crippen LogP) is 3.51. The molecular formula is C22H21NO5. The van der Waals surface area contributed by atoms with Gasteiger partial charge in [0.15, 0.2) is 5.78 Å². The summed E-state index contributed by atoms with van der Waals surface area (Å²) >= 11 is 0. The molecule has 0 fully saturated rings. The zero-order valence-corrected chi connectivity index (χ0v) is 16.0. The number of rotatable bonds is 6. The van der Waals surface area contributed by atoms with Crippen LogP contribution in [0.4, 0.5) is 0 Å². The summed E-state index contributed by atoms with van der Waals surface area (Å²) in [6.45, 7) is 5.25. The zero-order valence-electron chi connectivity index (χ0n) is 16.0. The fourth-order valence-corrected chi connectivity index (χ4v) is 3.19. The maximum Gasteiger partial charge on any atom is 0.334 e. The normalized spacial score (nSPS) is 14.2. The van der Waals surface area contributed by atoms with E-state index >= 15 is 0 Å². The molecule has 1 heterocycles. The molecule has 0 aliphatic carbocycles. The van der Waals surface area contributed by atoms with Crippen molar-refractivity contribution in [3.63, 3.8) is 0 Å². The monoisotopic (exact) mass is 379 g/mol. The summed E-state index contributed by atoms with van der Waals surface area (Å²) in [6, 6.07) is 11.6. The lowest BCUT2D eigenvalue weighted by molar-refractivity contribution is -0.139. The number of Topliss-reactive ketones (excluding diaryl/α,β-unsaturated/α-hetero) is 1. The first-order valence-electron chi connectivity index (χ1n) is 9.09. The SMILES string of the molecule is CC(=O)c1ccc(OC(=O)[C@@H](CC(C)C)N2C(=O)c3ccccc3C2=O)cc1. The van der Waals surface area contributed by atoms with Crippen LogP contribution in [0.15, 0.2) is 48.5 Å². The first-order valence-corrected chi connectivity index (χ1v) is 9.09. The molecule has 0 aromatic heterocycles. The molecule has 0 N–H and O–H groups in total. The summed E-state index contributed by atoms with van der Waals surface area (Å²) in [5.74, 6) is -1.45. The summed E-state index contributed by atoms with van der Waals surface area (Å²) in [6.07, 6.45) is 0.288. The molecule has 2 amide bonds. The molecule has 6 nitrogen and oxygen atoms in total. The zero-order chi connectivity index (χ0) is 20.4. The van der Waals surface area contributed by atoms with Crippen LogP contribution in [0, 0.1) is 5.92 Å². The van der Waals surface area contributed by atoms with Crippen molar-refractivity contribution in [1.82, 2.24) is 4.90 Å². The van der Waals surface area contributed by atoms with Crippen LogP contribution in [0.25, 0.3) is 0 Å². The molecule has 0 bridgehead atoms. The van der Waals surface area contributed by atoms with E-state index in [0.717, 1.165) is 4.90 Å². The quantitative estimate of drug-likeness (QED) is 0.332. The molecule has 6 heteroatoms. The largest absolute Gasteiger partial charge is 0.425 e. The Labute approximate surface area is 163 Å². The van der Waals surface area contributed by atoms with Gasteiger partial charge in [-0.05, 0) is 55.7 Å². The van der Waals surface area contributed by atoms with Crippen molar-refractivity contribution >= 4 is 23.6 Å². The van der Waals surface area contributed by atoms with Gasteiger partial charge in [-0.15, -0.1) is 0 Å². The van der Waals surface area contributed by atoms with Gasteiger partial charge in [0.05, 0.1) is 11.1 Å². The molecule has 2 aromatic carbocycles. The number of fused-ring (bicyclic) bond motifs is 1. The Hall–Kier alpha value is -3.28. The van der Waals surface area contributed by atoms with Gasteiger partial charge in [-0.3, -0.25) is 19.3 Å². The van der Waals surface area contributed by atoms with Crippen LogP contribution >= 0.6 is 0 Å². The Morgan fingerprint density at radius 1 is 0.929 bits per heavy atom. The number of hydrogen-bond donors (Lipinski definition) is 0. The minimum atomic E-state index is -1.03. The maximum atomic E-state index is 12.9. The summed E-state index contributed by atoms with van der Waals surface area (Å²) in [5.41, 5.74) is 1.08. The third kappa shape index (κ3) is 3.71. The molecule has 0 radical (unpaired) electrons. The van der Waals surface area contributed by atoms with E-state index in [-0.39, 0.29) is 23.9 Å². The highest BCUT2D eigenvalue weighted by molar-refractivity contribution is 6.22. The molecule has 2 aromatic rings. The molecule has 28 heavy (non-hydrogen) atoms. The first-order chi connectivity index (χ1) is 13.3. The van der Waals surface area contributed by atoms with Gasteiger partial charge >= 0.3 is 5.97 Å². The van der Waals surface area contributed by atoms with E-state index in [1.807, 2.05) is 13.8 Å². The topological polar surface area (TPSA) is 80.8 Å². The first kappa shape index (κ1) is 19.5. The van der Waals surface area contributed by atoms with E-state index in [1.54, 1.807) is 36.4 Å². The molecular weight excluding hydrogens is 358 g/mol. The molecule has 144 valence electrons. The van der Waals surface area contributed by atoms with Gasteiger partial charge in [0, 0.05) is 5.56 Å². The van der Waals surface area contributed by atoms with Crippen LogP contribution in [-0.4, -0.2) is 34.5 Å². The second kappa shape index (κ2) is 7.76.